The number of halogens is 2. The molecule has 27 heavy (non-hydrogen) atoms. The predicted octanol–water partition coefficient (Wildman–Crippen LogP) is 4.20. The summed E-state index contributed by atoms with van der Waals surface area (Å²) in [5.41, 5.74) is 3.51. The van der Waals surface area contributed by atoms with Gasteiger partial charge in [-0.15, -0.1) is 16.8 Å². The molecule has 5 nitrogen and oxygen atoms in total. The molecule has 0 saturated heterocycles. The van der Waals surface area contributed by atoms with E-state index in [1.807, 2.05) is 53.1 Å². The molecule has 0 saturated carbocycles. The van der Waals surface area contributed by atoms with Crippen LogP contribution in [0.1, 0.15) is 22.8 Å². The number of nitrogens with zero attached hydrogens (tertiary/aromatic N) is 4. The first kappa shape index (κ1) is 17.9. The van der Waals surface area contributed by atoms with Crippen LogP contribution in [0.5, 0.6) is 0 Å². The molecule has 1 aliphatic heterocycles. The van der Waals surface area contributed by atoms with Crippen molar-refractivity contribution in [3.8, 4) is 5.69 Å². The van der Waals surface area contributed by atoms with E-state index in [9.17, 15) is 0 Å². The SMILES string of the molecule is C=CCNCc1nnc2n1-c1ccc(Cl)cc1C(c1ccccc1Cl)=NC2. The van der Waals surface area contributed by atoms with Crippen LogP contribution in [0.2, 0.25) is 10.0 Å². The maximum absolute atomic E-state index is 6.45. The highest BCUT2D eigenvalue weighted by atomic mass is 35.5. The molecule has 4 rings (SSSR count). The van der Waals surface area contributed by atoms with E-state index < -0.39 is 0 Å². The molecule has 1 aliphatic rings. The van der Waals surface area contributed by atoms with E-state index in [0.717, 1.165) is 34.2 Å². The van der Waals surface area contributed by atoms with Crippen molar-refractivity contribution in [3.63, 3.8) is 0 Å². The highest BCUT2D eigenvalue weighted by Gasteiger charge is 2.23. The second-order valence-corrected chi connectivity index (χ2v) is 6.94. The van der Waals surface area contributed by atoms with E-state index in [0.29, 0.717) is 29.7 Å². The second-order valence-electron chi connectivity index (χ2n) is 6.09. The lowest BCUT2D eigenvalue weighted by Crippen LogP contribution is -2.17. The Morgan fingerprint density at radius 2 is 1.96 bits per heavy atom. The highest BCUT2D eigenvalue weighted by Crippen LogP contribution is 2.30. The summed E-state index contributed by atoms with van der Waals surface area (Å²) in [6, 6.07) is 13.4. The Hall–Kier alpha value is -2.47. The largest absolute Gasteiger partial charge is 0.306 e. The molecule has 1 aromatic heterocycles. The van der Waals surface area contributed by atoms with Gasteiger partial charge in [0.2, 0.25) is 0 Å². The molecule has 0 atom stereocenters. The van der Waals surface area contributed by atoms with Crippen LogP contribution in [0.15, 0.2) is 60.1 Å². The van der Waals surface area contributed by atoms with Crippen LogP contribution in [0, 0.1) is 0 Å². The summed E-state index contributed by atoms with van der Waals surface area (Å²) in [6.07, 6.45) is 1.81. The lowest BCUT2D eigenvalue weighted by atomic mass is 10.0. The summed E-state index contributed by atoms with van der Waals surface area (Å²) in [5.74, 6) is 1.59. The normalized spacial score (nSPS) is 12.7. The van der Waals surface area contributed by atoms with Crippen molar-refractivity contribution in [2.45, 2.75) is 13.1 Å². The van der Waals surface area contributed by atoms with Crippen LogP contribution in [0.25, 0.3) is 5.69 Å². The van der Waals surface area contributed by atoms with E-state index in [1.54, 1.807) is 0 Å². The molecule has 7 heteroatoms. The molecular weight excluding hydrogens is 381 g/mol. The zero-order valence-electron chi connectivity index (χ0n) is 14.5. The molecular formula is C20H17Cl2N5. The van der Waals surface area contributed by atoms with Gasteiger partial charge in [0, 0.05) is 27.7 Å². The standard InChI is InChI=1S/C20H17Cl2N5/c1-2-9-23-11-18-25-26-19-12-24-20(14-5-3-4-6-16(14)22)15-10-13(21)7-8-17(15)27(18)19/h2-8,10,23H,1,9,11-12H2. The van der Waals surface area contributed by atoms with E-state index >= 15 is 0 Å². The van der Waals surface area contributed by atoms with Gasteiger partial charge in [-0.2, -0.15) is 0 Å². The van der Waals surface area contributed by atoms with Gasteiger partial charge in [0.15, 0.2) is 11.6 Å². The Morgan fingerprint density at radius 3 is 2.78 bits per heavy atom. The number of benzene rings is 2. The molecule has 3 aromatic rings. The highest BCUT2D eigenvalue weighted by molar-refractivity contribution is 6.36. The van der Waals surface area contributed by atoms with Gasteiger partial charge in [0.1, 0.15) is 6.54 Å². The second kappa shape index (κ2) is 7.64. The minimum atomic E-state index is 0.404. The summed E-state index contributed by atoms with van der Waals surface area (Å²) in [4.78, 5) is 4.80. The number of aromatic nitrogens is 3. The lowest BCUT2D eigenvalue weighted by molar-refractivity contribution is 0.696. The molecule has 1 N–H and O–H groups in total. The monoisotopic (exact) mass is 397 g/mol. The first-order chi connectivity index (χ1) is 13.2. The topological polar surface area (TPSA) is 55.1 Å². The summed E-state index contributed by atoms with van der Waals surface area (Å²) >= 11 is 12.8. The van der Waals surface area contributed by atoms with Gasteiger partial charge < -0.3 is 5.32 Å². The van der Waals surface area contributed by atoms with Crippen molar-refractivity contribution in [3.05, 3.63) is 87.9 Å². The summed E-state index contributed by atoms with van der Waals surface area (Å²) < 4.78 is 2.04. The number of rotatable bonds is 5. The van der Waals surface area contributed by atoms with E-state index in [1.165, 1.54) is 0 Å². The Labute approximate surface area is 167 Å². The maximum Gasteiger partial charge on any atom is 0.159 e. The lowest BCUT2D eigenvalue weighted by Gasteiger charge is -2.14. The van der Waals surface area contributed by atoms with Crippen LogP contribution in [-0.2, 0) is 13.1 Å². The van der Waals surface area contributed by atoms with Crippen molar-refractivity contribution in [1.82, 2.24) is 20.1 Å². The Morgan fingerprint density at radius 1 is 1.11 bits per heavy atom. The van der Waals surface area contributed by atoms with Crippen LogP contribution in [-0.4, -0.2) is 27.0 Å². The van der Waals surface area contributed by atoms with Crippen LogP contribution < -0.4 is 5.32 Å². The molecule has 0 aliphatic carbocycles. The third-order valence-electron chi connectivity index (χ3n) is 4.33. The quantitative estimate of drug-likeness (QED) is 0.518. The Bertz CT molecular complexity index is 1040. The van der Waals surface area contributed by atoms with Crippen molar-refractivity contribution in [2.75, 3.05) is 6.54 Å². The van der Waals surface area contributed by atoms with Crippen LogP contribution in [0.3, 0.4) is 0 Å². The molecule has 0 radical (unpaired) electrons. The smallest absolute Gasteiger partial charge is 0.159 e. The van der Waals surface area contributed by atoms with Crippen molar-refractivity contribution >= 4 is 28.9 Å². The Kier molecular flexibility index (Phi) is 5.07. The third kappa shape index (κ3) is 3.41. The number of hydrogen-bond acceptors (Lipinski definition) is 4. The maximum atomic E-state index is 6.45. The summed E-state index contributed by atoms with van der Waals surface area (Å²) in [5, 5.41) is 13.2. The van der Waals surface area contributed by atoms with Gasteiger partial charge in [0.25, 0.3) is 0 Å². The van der Waals surface area contributed by atoms with Gasteiger partial charge >= 0.3 is 0 Å². The zero-order valence-corrected chi connectivity index (χ0v) is 16.0. The molecule has 2 heterocycles. The molecule has 0 spiro atoms. The first-order valence-electron chi connectivity index (χ1n) is 8.53. The van der Waals surface area contributed by atoms with Gasteiger partial charge in [-0.05, 0) is 24.3 Å². The average Bonchev–Trinajstić information content (AvgIpc) is 2.99. The fraction of sp³-hybridized carbons (Fsp3) is 0.150. The zero-order chi connectivity index (χ0) is 18.8. The first-order valence-corrected chi connectivity index (χ1v) is 9.29. The molecule has 136 valence electrons. The van der Waals surface area contributed by atoms with Gasteiger partial charge in [-0.25, -0.2) is 0 Å². The fourth-order valence-corrected chi connectivity index (χ4v) is 3.54. The summed E-state index contributed by atoms with van der Waals surface area (Å²) in [6.45, 7) is 5.40. The van der Waals surface area contributed by atoms with Gasteiger partial charge in [0.05, 0.1) is 17.9 Å². The van der Waals surface area contributed by atoms with Crippen LogP contribution in [0.4, 0.5) is 0 Å². The number of nitrogens with one attached hydrogen (secondary N) is 1. The minimum absolute atomic E-state index is 0.404. The number of fused-ring (bicyclic) bond motifs is 3. The third-order valence-corrected chi connectivity index (χ3v) is 4.90. The number of aliphatic imine (C=N–C) groups is 1. The fourth-order valence-electron chi connectivity index (χ4n) is 3.15. The van der Waals surface area contributed by atoms with E-state index in [-0.39, 0.29) is 0 Å². The minimum Gasteiger partial charge on any atom is -0.306 e. The molecule has 0 bridgehead atoms. The summed E-state index contributed by atoms with van der Waals surface area (Å²) in [7, 11) is 0. The van der Waals surface area contributed by atoms with Crippen molar-refractivity contribution in [2.24, 2.45) is 4.99 Å². The van der Waals surface area contributed by atoms with Gasteiger partial charge in [-0.1, -0.05) is 47.5 Å². The van der Waals surface area contributed by atoms with Crippen molar-refractivity contribution < 1.29 is 0 Å². The van der Waals surface area contributed by atoms with Crippen molar-refractivity contribution in [1.29, 1.82) is 0 Å². The molecule has 0 unspecified atom stereocenters. The van der Waals surface area contributed by atoms with E-state index in [2.05, 4.69) is 22.1 Å². The molecule has 0 fully saturated rings. The Balaban J connectivity index is 1.88. The molecule has 0 amide bonds. The number of hydrogen-bond donors (Lipinski definition) is 1. The van der Waals surface area contributed by atoms with E-state index in [4.69, 9.17) is 28.2 Å². The predicted molar refractivity (Wildman–Crippen MR) is 109 cm³/mol. The average molecular weight is 398 g/mol. The molecule has 2 aromatic carbocycles. The van der Waals surface area contributed by atoms with Crippen LogP contribution >= 0.6 is 23.2 Å². The van der Waals surface area contributed by atoms with Gasteiger partial charge in [-0.3, -0.25) is 9.56 Å².